The molecule has 1 aliphatic rings. The van der Waals surface area contributed by atoms with E-state index in [0.717, 1.165) is 69.4 Å². The first-order chi connectivity index (χ1) is 14.2. The Morgan fingerprint density at radius 3 is 2.66 bits per heavy atom. The molecule has 7 heteroatoms. The third-order valence-electron chi connectivity index (χ3n) is 5.14. The molecule has 2 N–H and O–H groups in total. The summed E-state index contributed by atoms with van der Waals surface area (Å²) < 4.78 is 0. The Kier molecular flexibility index (Phi) is 8.77. The van der Waals surface area contributed by atoms with Crippen LogP contribution in [0.25, 0.3) is 0 Å². The first kappa shape index (κ1) is 22.1. The van der Waals surface area contributed by atoms with Crippen LogP contribution in [0.2, 0.25) is 5.02 Å². The summed E-state index contributed by atoms with van der Waals surface area (Å²) in [5.41, 5.74) is 1.32. The number of guanidine groups is 1. The topological polar surface area (TPSA) is 52.6 Å². The maximum absolute atomic E-state index is 5.98. The van der Waals surface area contributed by atoms with Crippen molar-refractivity contribution in [1.29, 1.82) is 0 Å². The van der Waals surface area contributed by atoms with Crippen LogP contribution in [-0.2, 0) is 19.4 Å². The number of piperidine rings is 1. The Balaban J connectivity index is 1.43. The van der Waals surface area contributed by atoms with Crippen LogP contribution in [0.3, 0.4) is 0 Å². The van der Waals surface area contributed by atoms with Crippen LogP contribution in [0, 0.1) is 0 Å². The molecule has 1 aromatic carbocycles. The zero-order chi connectivity index (χ0) is 20.5. The summed E-state index contributed by atoms with van der Waals surface area (Å²) in [7, 11) is 0. The van der Waals surface area contributed by atoms with Crippen LogP contribution in [0.4, 0.5) is 0 Å². The summed E-state index contributed by atoms with van der Waals surface area (Å²) in [5.74, 6) is 0.927. The third kappa shape index (κ3) is 7.28. The smallest absolute Gasteiger partial charge is 0.191 e. The van der Waals surface area contributed by atoms with Gasteiger partial charge in [-0.3, -0.25) is 9.89 Å². The molecule has 1 fully saturated rings. The fraction of sp³-hybridized carbons (Fsp3) is 0.545. The van der Waals surface area contributed by atoms with Gasteiger partial charge in [0.2, 0.25) is 0 Å². The van der Waals surface area contributed by atoms with Crippen LogP contribution in [-0.4, -0.2) is 48.1 Å². The molecule has 1 aliphatic heterocycles. The molecule has 1 saturated heterocycles. The molecular formula is C22H32ClN5S. The van der Waals surface area contributed by atoms with Crippen molar-refractivity contribution in [3.8, 4) is 0 Å². The van der Waals surface area contributed by atoms with Crippen LogP contribution in [0.1, 0.15) is 42.1 Å². The number of benzene rings is 1. The zero-order valence-corrected chi connectivity index (χ0v) is 19.0. The first-order valence-electron chi connectivity index (χ1n) is 10.6. The van der Waals surface area contributed by atoms with Crippen molar-refractivity contribution in [2.75, 3.05) is 26.2 Å². The highest BCUT2D eigenvalue weighted by atomic mass is 35.5. The second kappa shape index (κ2) is 11.5. The van der Waals surface area contributed by atoms with Gasteiger partial charge in [-0.15, -0.1) is 11.3 Å². The fourth-order valence-corrected chi connectivity index (χ4v) is 4.46. The van der Waals surface area contributed by atoms with Gasteiger partial charge in [0.15, 0.2) is 5.96 Å². The Labute approximate surface area is 183 Å². The van der Waals surface area contributed by atoms with E-state index >= 15 is 0 Å². The van der Waals surface area contributed by atoms with E-state index in [1.54, 1.807) is 11.3 Å². The summed E-state index contributed by atoms with van der Waals surface area (Å²) in [6, 6.07) is 8.65. The molecule has 0 saturated carbocycles. The Hall–Kier alpha value is -1.63. The summed E-state index contributed by atoms with van der Waals surface area (Å²) in [6.07, 6.45) is 6.21. The largest absolute Gasteiger partial charge is 0.357 e. The second-order valence-electron chi connectivity index (χ2n) is 7.41. The standard InChI is InChI=1S/C22H32ClN5S/c1-3-20-15-26-21(29-20)9-12-25-22(24-4-2)27-19-10-13-28(14-11-19)16-17-5-7-18(23)8-6-17/h5-8,15,19H,3-4,9-14,16H2,1-2H3,(H2,24,25,27). The van der Waals surface area contributed by atoms with Crippen molar-refractivity contribution in [3.05, 3.63) is 50.9 Å². The predicted molar refractivity (Wildman–Crippen MR) is 124 cm³/mol. The van der Waals surface area contributed by atoms with Crippen molar-refractivity contribution in [2.45, 2.75) is 52.1 Å². The second-order valence-corrected chi connectivity index (χ2v) is 9.04. The van der Waals surface area contributed by atoms with Gasteiger partial charge in [-0.1, -0.05) is 30.7 Å². The first-order valence-corrected chi connectivity index (χ1v) is 11.8. The van der Waals surface area contributed by atoms with Crippen LogP contribution >= 0.6 is 22.9 Å². The molecule has 0 unspecified atom stereocenters. The fourth-order valence-electron chi connectivity index (χ4n) is 3.49. The highest BCUT2D eigenvalue weighted by Gasteiger charge is 2.20. The normalized spacial score (nSPS) is 16.2. The maximum atomic E-state index is 5.98. The summed E-state index contributed by atoms with van der Waals surface area (Å²) in [5, 5.41) is 8.99. The number of likely N-dealkylation sites (tertiary alicyclic amines) is 1. The molecule has 5 nitrogen and oxygen atoms in total. The maximum Gasteiger partial charge on any atom is 0.191 e. The van der Waals surface area contributed by atoms with Crippen molar-refractivity contribution in [2.24, 2.45) is 4.99 Å². The lowest BCUT2D eigenvalue weighted by atomic mass is 10.0. The predicted octanol–water partition coefficient (Wildman–Crippen LogP) is 4.12. The van der Waals surface area contributed by atoms with Crippen LogP contribution < -0.4 is 10.6 Å². The van der Waals surface area contributed by atoms with Crippen LogP contribution in [0.15, 0.2) is 35.5 Å². The van der Waals surface area contributed by atoms with Gasteiger partial charge in [0.25, 0.3) is 0 Å². The Bertz CT molecular complexity index is 766. The van der Waals surface area contributed by atoms with Gasteiger partial charge in [-0.25, -0.2) is 4.98 Å². The van der Waals surface area contributed by atoms with E-state index < -0.39 is 0 Å². The molecule has 0 aliphatic carbocycles. The highest BCUT2D eigenvalue weighted by Crippen LogP contribution is 2.16. The van der Waals surface area contributed by atoms with Crippen molar-refractivity contribution < 1.29 is 0 Å². The van der Waals surface area contributed by atoms with E-state index in [4.69, 9.17) is 16.6 Å². The van der Waals surface area contributed by atoms with Gasteiger partial charge in [0.05, 0.1) is 5.01 Å². The summed E-state index contributed by atoms with van der Waals surface area (Å²) >= 11 is 7.79. The number of nitrogens with one attached hydrogen (secondary N) is 2. The lowest BCUT2D eigenvalue weighted by Crippen LogP contribution is -2.48. The van der Waals surface area contributed by atoms with Gasteiger partial charge < -0.3 is 10.6 Å². The SMILES string of the molecule is CCNC(=NCCc1ncc(CC)s1)NC1CCN(Cc2ccc(Cl)cc2)CC1. The van der Waals surface area contributed by atoms with Gasteiger partial charge in [0, 0.05) is 61.3 Å². The molecule has 1 aromatic heterocycles. The van der Waals surface area contributed by atoms with Gasteiger partial charge >= 0.3 is 0 Å². The van der Waals surface area contributed by atoms with E-state index in [0.29, 0.717) is 6.04 Å². The highest BCUT2D eigenvalue weighted by molar-refractivity contribution is 7.11. The van der Waals surface area contributed by atoms with E-state index in [9.17, 15) is 0 Å². The minimum absolute atomic E-state index is 0.473. The minimum atomic E-state index is 0.473. The number of hydrogen-bond donors (Lipinski definition) is 2. The average Bonchev–Trinajstić information content (AvgIpc) is 3.19. The minimum Gasteiger partial charge on any atom is -0.357 e. The number of aryl methyl sites for hydroxylation is 1. The number of hydrogen-bond acceptors (Lipinski definition) is 4. The number of halogens is 1. The monoisotopic (exact) mass is 433 g/mol. The van der Waals surface area contributed by atoms with Crippen molar-refractivity contribution in [1.82, 2.24) is 20.5 Å². The molecule has 158 valence electrons. The summed E-state index contributed by atoms with van der Waals surface area (Å²) in [6.45, 7) is 9.10. The van der Waals surface area contributed by atoms with E-state index in [1.165, 1.54) is 15.4 Å². The molecule has 2 heterocycles. The molecule has 0 atom stereocenters. The molecule has 0 radical (unpaired) electrons. The van der Waals surface area contributed by atoms with Crippen LogP contribution in [0.5, 0.6) is 0 Å². The van der Waals surface area contributed by atoms with Gasteiger partial charge in [-0.05, 0) is 43.9 Å². The molecule has 0 spiro atoms. The van der Waals surface area contributed by atoms with Crippen molar-refractivity contribution >= 4 is 28.9 Å². The van der Waals surface area contributed by atoms with Gasteiger partial charge in [-0.2, -0.15) is 0 Å². The molecule has 3 rings (SSSR count). The molecule has 0 amide bonds. The molecule has 2 aromatic rings. The molecule has 0 bridgehead atoms. The Morgan fingerprint density at radius 2 is 2.00 bits per heavy atom. The lowest BCUT2D eigenvalue weighted by Gasteiger charge is -2.33. The summed E-state index contributed by atoms with van der Waals surface area (Å²) in [4.78, 5) is 13.1. The average molecular weight is 434 g/mol. The lowest BCUT2D eigenvalue weighted by molar-refractivity contribution is 0.198. The number of nitrogens with zero attached hydrogens (tertiary/aromatic N) is 3. The van der Waals surface area contributed by atoms with Gasteiger partial charge in [0.1, 0.15) is 0 Å². The zero-order valence-electron chi connectivity index (χ0n) is 17.5. The Morgan fingerprint density at radius 1 is 1.24 bits per heavy atom. The van der Waals surface area contributed by atoms with Crippen molar-refractivity contribution in [3.63, 3.8) is 0 Å². The molecule has 29 heavy (non-hydrogen) atoms. The number of aromatic nitrogens is 1. The number of rotatable bonds is 8. The van der Waals surface area contributed by atoms with E-state index in [-0.39, 0.29) is 0 Å². The third-order valence-corrected chi connectivity index (χ3v) is 6.59. The number of aliphatic imine (C=N–C) groups is 1. The number of thiazole rings is 1. The van der Waals surface area contributed by atoms with E-state index in [2.05, 4.69) is 46.5 Å². The van der Waals surface area contributed by atoms with E-state index in [1.807, 2.05) is 18.3 Å². The quantitative estimate of drug-likeness (QED) is 0.485. The molecular weight excluding hydrogens is 402 g/mol.